The second kappa shape index (κ2) is 7.43. The van der Waals surface area contributed by atoms with Crippen molar-refractivity contribution in [3.8, 4) is 11.3 Å². The van der Waals surface area contributed by atoms with Gasteiger partial charge in [-0.05, 0) is 25.0 Å². The molecule has 0 unspecified atom stereocenters. The van der Waals surface area contributed by atoms with Gasteiger partial charge in [-0.25, -0.2) is 0 Å². The van der Waals surface area contributed by atoms with E-state index in [0.717, 1.165) is 17.7 Å². The van der Waals surface area contributed by atoms with E-state index in [-0.39, 0.29) is 11.4 Å². The number of pyridine rings is 1. The van der Waals surface area contributed by atoms with Crippen molar-refractivity contribution in [3.05, 3.63) is 57.9 Å². The van der Waals surface area contributed by atoms with Crippen LogP contribution in [0.1, 0.15) is 17.5 Å². The molecule has 1 heterocycles. The van der Waals surface area contributed by atoms with Crippen molar-refractivity contribution in [3.63, 3.8) is 0 Å². The summed E-state index contributed by atoms with van der Waals surface area (Å²) in [5, 5.41) is 0. The van der Waals surface area contributed by atoms with E-state index in [1.54, 1.807) is 11.7 Å². The van der Waals surface area contributed by atoms with Gasteiger partial charge < -0.3 is 9.30 Å². The van der Waals surface area contributed by atoms with Gasteiger partial charge in [0, 0.05) is 25.8 Å². The maximum atomic E-state index is 12.5. The van der Waals surface area contributed by atoms with E-state index in [1.807, 2.05) is 31.2 Å². The van der Waals surface area contributed by atoms with Gasteiger partial charge in [0.25, 0.3) is 5.56 Å². The largest absolute Gasteiger partial charge is 0.385 e. The molecule has 112 valence electrons. The molecule has 1 aromatic carbocycles. The topological polar surface area (TPSA) is 31.2 Å². The Kier molecular flexibility index (Phi) is 5.59. The normalized spacial score (nSPS) is 10.8. The highest BCUT2D eigenvalue weighted by Crippen LogP contribution is 2.19. The number of ether oxygens (including phenoxy) is 1. The minimum Gasteiger partial charge on any atom is -0.385 e. The molecular weight excluding hydrogens is 286 g/mol. The van der Waals surface area contributed by atoms with E-state index < -0.39 is 0 Å². The van der Waals surface area contributed by atoms with Crippen LogP contribution in [0.15, 0.2) is 41.2 Å². The molecule has 0 atom stereocenters. The molecule has 0 bridgehead atoms. The van der Waals surface area contributed by atoms with E-state index in [2.05, 4.69) is 12.1 Å². The van der Waals surface area contributed by atoms with Crippen LogP contribution >= 0.6 is 11.6 Å². The summed E-state index contributed by atoms with van der Waals surface area (Å²) in [6, 6.07) is 12.0. The van der Waals surface area contributed by atoms with Gasteiger partial charge >= 0.3 is 0 Å². The highest BCUT2D eigenvalue weighted by Gasteiger charge is 2.10. The molecule has 0 radical (unpaired) electrons. The summed E-state index contributed by atoms with van der Waals surface area (Å²) in [4.78, 5) is 12.5. The van der Waals surface area contributed by atoms with Gasteiger partial charge in [0.05, 0.1) is 11.6 Å². The van der Waals surface area contributed by atoms with Crippen molar-refractivity contribution in [2.75, 3.05) is 13.7 Å². The summed E-state index contributed by atoms with van der Waals surface area (Å²) >= 11 is 5.85. The Hall–Kier alpha value is -1.58. The zero-order valence-corrected chi connectivity index (χ0v) is 13.2. The molecule has 0 aliphatic carbocycles. The van der Waals surface area contributed by atoms with Crippen molar-refractivity contribution in [1.29, 1.82) is 0 Å². The lowest BCUT2D eigenvalue weighted by Crippen LogP contribution is -2.25. The molecule has 2 aromatic rings. The minimum absolute atomic E-state index is 0.0146. The van der Waals surface area contributed by atoms with E-state index >= 15 is 0 Å². The number of nitrogens with zero attached hydrogens (tertiary/aromatic N) is 1. The Labute approximate surface area is 130 Å². The second-order valence-corrected chi connectivity index (χ2v) is 5.31. The molecule has 0 fully saturated rings. The molecule has 3 nitrogen and oxygen atoms in total. The summed E-state index contributed by atoms with van der Waals surface area (Å²) in [7, 11) is 1.67. The highest BCUT2D eigenvalue weighted by atomic mass is 35.5. The third kappa shape index (κ3) is 3.74. The number of alkyl halides is 1. The fraction of sp³-hybridized carbons (Fsp3) is 0.353. The number of aryl methyl sites for hydroxylation is 1. The summed E-state index contributed by atoms with van der Waals surface area (Å²) in [6.07, 6.45) is 0.793. The third-order valence-corrected chi connectivity index (χ3v) is 3.76. The average Bonchev–Trinajstić information content (AvgIpc) is 2.50. The molecule has 21 heavy (non-hydrogen) atoms. The molecule has 0 aliphatic rings. The van der Waals surface area contributed by atoms with Gasteiger partial charge in [-0.1, -0.05) is 35.9 Å². The number of hydrogen-bond donors (Lipinski definition) is 0. The number of benzene rings is 1. The lowest BCUT2D eigenvalue weighted by molar-refractivity contribution is 0.190. The number of aromatic nitrogens is 1. The number of hydrogen-bond acceptors (Lipinski definition) is 2. The fourth-order valence-electron chi connectivity index (χ4n) is 2.29. The van der Waals surface area contributed by atoms with E-state index in [9.17, 15) is 4.79 Å². The zero-order chi connectivity index (χ0) is 15.2. The third-order valence-electron chi connectivity index (χ3n) is 3.47. The van der Waals surface area contributed by atoms with Gasteiger partial charge in [-0.15, -0.1) is 11.6 Å². The van der Waals surface area contributed by atoms with E-state index in [0.29, 0.717) is 18.7 Å². The summed E-state index contributed by atoms with van der Waals surface area (Å²) in [5.41, 5.74) is 3.77. The Balaban J connectivity index is 2.46. The molecular formula is C17H20ClNO2. The number of rotatable bonds is 6. The van der Waals surface area contributed by atoms with Crippen molar-refractivity contribution >= 4 is 11.6 Å². The fourth-order valence-corrected chi connectivity index (χ4v) is 2.49. The first kappa shape index (κ1) is 15.8. The Bertz CT molecular complexity index is 647. The number of methoxy groups -OCH3 is 1. The van der Waals surface area contributed by atoms with Crippen LogP contribution in [0.4, 0.5) is 0 Å². The minimum atomic E-state index is -0.0146. The highest BCUT2D eigenvalue weighted by molar-refractivity contribution is 6.17. The molecule has 0 saturated heterocycles. The van der Waals surface area contributed by atoms with Crippen molar-refractivity contribution in [2.24, 2.45) is 0 Å². The Morgan fingerprint density at radius 1 is 1.14 bits per heavy atom. The van der Waals surface area contributed by atoms with Gasteiger partial charge in [-0.3, -0.25) is 4.79 Å². The summed E-state index contributed by atoms with van der Waals surface area (Å²) < 4.78 is 6.87. The van der Waals surface area contributed by atoms with Gasteiger partial charge in [0.1, 0.15) is 0 Å². The zero-order valence-electron chi connectivity index (χ0n) is 12.4. The van der Waals surface area contributed by atoms with Crippen LogP contribution in [-0.4, -0.2) is 18.3 Å². The van der Waals surface area contributed by atoms with Gasteiger partial charge in [-0.2, -0.15) is 0 Å². The molecule has 0 saturated carbocycles. The molecule has 0 amide bonds. The first-order valence-corrected chi connectivity index (χ1v) is 7.55. The van der Waals surface area contributed by atoms with Crippen molar-refractivity contribution in [1.82, 2.24) is 4.57 Å². The van der Waals surface area contributed by atoms with Gasteiger partial charge in [0.15, 0.2) is 0 Å². The Morgan fingerprint density at radius 3 is 2.48 bits per heavy atom. The standard InChI is InChI=1S/C17H20ClNO2/c1-13-4-6-14(7-5-13)16-9-8-15(12-18)17(20)19(16)10-3-11-21-2/h4-9H,3,10-12H2,1-2H3. The number of halogens is 1. The monoisotopic (exact) mass is 305 g/mol. The predicted octanol–water partition coefficient (Wildman–Crippen LogP) is 3.60. The molecule has 0 N–H and O–H groups in total. The molecule has 0 aliphatic heterocycles. The molecule has 2 rings (SSSR count). The molecule has 4 heteroatoms. The smallest absolute Gasteiger partial charge is 0.255 e. The quantitative estimate of drug-likeness (QED) is 0.603. The lowest BCUT2D eigenvalue weighted by Gasteiger charge is -2.14. The van der Waals surface area contributed by atoms with E-state index in [4.69, 9.17) is 16.3 Å². The van der Waals surface area contributed by atoms with Crippen molar-refractivity contribution < 1.29 is 4.74 Å². The maximum Gasteiger partial charge on any atom is 0.255 e. The van der Waals surface area contributed by atoms with Crippen LogP contribution < -0.4 is 5.56 Å². The van der Waals surface area contributed by atoms with Crippen LogP contribution in [0.25, 0.3) is 11.3 Å². The molecule has 1 aromatic heterocycles. The first-order valence-electron chi connectivity index (χ1n) is 7.02. The van der Waals surface area contributed by atoms with Gasteiger partial charge in [0.2, 0.25) is 0 Å². The first-order chi connectivity index (χ1) is 10.2. The van der Waals surface area contributed by atoms with Crippen LogP contribution in [0.5, 0.6) is 0 Å². The van der Waals surface area contributed by atoms with E-state index in [1.165, 1.54) is 5.56 Å². The maximum absolute atomic E-state index is 12.5. The van der Waals surface area contributed by atoms with Crippen LogP contribution in [-0.2, 0) is 17.2 Å². The second-order valence-electron chi connectivity index (χ2n) is 5.05. The van der Waals surface area contributed by atoms with Crippen LogP contribution in [0.3, 0.4) is 0 Å². The SMILES string of the molecule is COCCCn1c(-c2ccc(C)cc2)ccc(CCl)c1=O. The summed E-state index contributed by atoms with van der Waals surface area (Å²) in [5.74, 6) is 0.233. The predicted molar refractivity (Wildman–Crippen MR) is 86.9 cm³/mol. The van der Waals surface area contributed by atoms with Crippen molar-refractivity contribution in [2.45, 2.75) is 25.8 Å². The summed E-state index contributed by atoms with van der Waals surface area (Å²) in [6.45, 7) is 3.30. The average molecular weight is 306 g/mol. The van der Waals surface area contributed by atoms with Crippen LogP contribution in [0, 0.1) is 6.92 Å². The van der Waals surface area contributed by atoms with Crippen LogP contribution in [0.2, 0.25) is 0 Å². The Morgan fingerprint density at radius 2 is 1.86 bits per heavy atom. The molecule has 0 spiro atoms. The lowest BCUT2D eigenvalue weighted by atomic mass is 10.1.